The highest BCUT2D eigenvalue weighted by Crippen LogP contribution is 2.44. The molecule has 6 aromatic rings. The zero-order chi connectivity index (χ0) is 34.5. The number of nitrogens with zero attached hydrogens (tertiary/aromatic N) is 3. The topological polar surface area (TPSA) is 50.9 Å². The maximum Gasteiger partial charge on any atom is 0.149 e. The van der Waals surface area contributed by atoms with Crippen LogP contribution in [0.5, 0.6) is 5.75 Å². The molecule has 0 spiro atoms. The van der Waals surface area contributed by atoms with E-state index in [1.807, 2.05) is 6.20 Å². The first kappa shape index (κ1) is 33.2. The lowest BCUT2D eigenvalue weighted by Gasteiger charge is -2.27. The van der Waals surface area contributed by atoms with Gasteiger partial charge in [-0.1, -0.05) is 110 Å². The van der Waals surface area contributed by atoms with Crippen molar-refractivity contribution < 1.29 is 5.11 Å². The second-order valence-corrected chi connectivity index (χ2v) is 15.8. The Bertz CT molecular complexity index is 2120. The van der Waals surface area contributed by atoms with E-state index in [9.17, 15) is 5.11 Å². The molecule has 0 aliphatic heterocycles. The third kappa shape index (κ3) is 6.29. The molecule has 0 atom stereocenters. The maximum absolute atomic E-state index is 12.1. The summed E-state index contributed by atoms with van der Waals surface area (Å²) in [5.41, 5.74) is 13.2. The Labute approximate surface area is 286 Å². The SMILES string of the molecule is Cc1cccc(C)c1-n1c(-c2cc(C(C)(C)C)cc(C(C)(C)C)c2O)nc2c(-c3cccc(-c4cc(CC(C)C)ccn4)c3)cccc21. The normalized spacial score (nSPS) is 12.3. The molecule has 4 aromatic carbocycles. The summed E-state index contributed by atoms with van der Waals surface area (Å²) >= 11 is 0. The van der Waals surface area contributed by atoms with E-state index in [1.54, 1.807) is 0 Å². The van der Waals surface area contributed by atoms with Crippen LogP contribution in [-0.2, 0) is 17.3 Å². The van der Waals surface area contributed by atoms with Gasteiger partial charge >= 0.3 is 0 Å². The molecule has 0 aliphatic rings. The highest BCUT2D eigenvalue weighted by Gasteiger charge is 2.29. The van der Waals surface area contributed by atoms with Gasteiger partial charge in [0, 0.05) is 22.9 Å². The molecule has 0 fully saturated rings. The van der Waals surface area contributed by atoms with Crippen LogP contribution in [0.3, 0.4) is 0 Å². The Hall–Kier alpha value is -4.70. The Kier molecular flexibility index (Phi) is 8.57. The highest BCUT2D eigenvalue weighted by atomic mass is 16.3. The second-order valence-electron chi connectivity index (χ2n) is 15.8. The second kappa shape index (κ2) is 12.4. The molecule has 1 N–H and O–H groups in total. The number of hydrogen-bond donors (Lipinski definition) is 1. The summed E-state index contributed by atoms with van der Waals surface area (Å²) in [6.45, 7) is 21.9. The number of benzene rings is 4. The Morgan fingerprint density at radius 2 is 1.40 bits per heavy atom. The molecule has 0 aliphatic carbocycles. The number of aromatic hydroxyl groups is 1. The first-order valence-corrected chi connectivity index (χ1v) is 17.2. The van der Waals surface area contributed by atoms with E-state index in [0.29, 0.717) is 5.92 Å². The quantitative estimate of drug-likeness (QED) is 0.198. The van der Waals surface area contributed by atoms with Crippen LogP contribution in [0.4, 0.5) is 0 Å². The molecular weight excluding hydrogens is 587 g/mol. The van der Waals surface area contributed by atoms with Crippen molar-refractivity contribution in [3.63, 3.8) is 0 Å². The van der Waals surface area contributed by atoms with Crippen molar-refractivity contribution in [3.05, 3.63) is 119 Å². The van der Waals surface area contributed by atoms with Crippen LogP contribution in [0.1, 0.15) is 83.2 Å². The minimum absolute atomic E-state index is 0.121. The Morgan fingerprint density at radius 3 is 2.06 bits per heavy atom. The number of aryl methyl sites for hydroxylation is 2. The van der Waals surface area contributed by atoms with Gasteiger partial charge in [-0.05, 0) is 95.2 Å². The number of hydrogen-bond acceptors (Lipinski definition) is 3. The number of phenolic OH excluding ortho intramolecular Hbond substituents is 1. The molecule has 6 rings (SSSR count). The molecule has 0 unspecified atom stereocenters. The van der Waals surface area contributed by atoms with Gasteiger partial charge in [-0.2, -0.15) is 0 Å². The summed E-state index contributed by atoms with van der Waals surface area (Å²) in [6.07, 6.45) is 2.94. The summed E-state index contributed by atoms with van der Waals surface area (Å²) in [7, 11) is 0. The van der Waals surface area contributed by atoms with E-state index in [4.69, 9.17) is 9.97 Å². The summed E-state index contributed by atoms with van der Waals surface area (Å²) in [5, 5.41) is 12.1. The van der Waals surface area contributed by atoms with Gasteiger partial charge in [0.2, 0.25) is 0 Å². The van der Waals surface area contributed by atoms with Crippen molar-refractivity contribution in [1.82, 2.24) is 14.5 Å². The van der Waals surface area contributed by atoms with E-state index in [2.05, 4.69) is 159 Å². The van der Waals surface area contributed by atoms with Crippen molar-refractivity contribution in [2.75, 3.05) is 0 Å². The van der Waals surface area contributed by atoms with Crippen LogP contribution in [0, 0.1) is 19.8 Å². The van der Waals surface area contributed by atoms with Crippen LogP contribution >= 0.6 is 0 Å². The zero-order valence-electron chi connectivity index (χ0n) is 30.2. The van der Waals surface area contributed by atoms with Crippen molar-refractivity contribution in [3.8, 4) is 45.2 Å². The van der Waals surface area contributed by atoms with Gasteiger partial charge in [-0.25, -0.2) is 4.98 Å². The number of para-hydroxylation sites is 2. The molecular formula is C44H49N3O. The molecule has 2 heterocycles. The van der Waals surface area contributed by atoms with Crippen molar-refractivity contribution in [1.29, 1.82) is 0 Å². The molecule has 0 saturated heterocycles. The predicted molar refractivity (Wildman–Crippen MR) is 202 cm³/mol. The van der Waals surface area contributed by atoms with Crippen LogP contribution in [0.25, 0.3) is 50.5 Å². The lowest BCUT2D eigenvalue weighted by molar-refractivity contribution is 0.446. The Balaban J connectivity index is 1.65. The van der Waals surface area contributed by atoms with Crippen LogP contribution < -0.4 is 0 Å². The minimum Gasteiger partial charge on any atom is -0.507 e. The first-order chi connectivity index (χ1) is 22.6. The monoisotopic (exact) mass is 635 g/mol. The Morgan fingerprint density at radius 1 is 0.729 bits per heavy atom. The van der Waals surface area contributed by atoms with Crippen LogP contribution in [0.15, 0.2) is 91.1 Å². The molecule has 2 aromatic heterocycles. The van der Waals surface area contributed by atoms with E-state index in [-0.39, 0.29) is 16.6 Å². The highest BCUT2D eigenvalue weighted by molar-refractivity contribution is 5.97. The van der Waals surface area contributed by atoms with E-state index in [0.717, 1.165) is 73.6 Å². The first-order valence-electron chi connectivity index (χ1n) is 17.2. The smallest absolute Gasteiger partial charge is 0.149 e. The molecule has 4 nitrogen and oxygen atoms in total. The average Bonchev–Trinajstić information content (AvgIpc) is 3.39. The number of pyridine rings is 1. The van der Waals surface area contributed by atoms with E-state index >= 15 is 0 Å². The molecule has 0 radical (unpaired) electrons. The average molecular weight is 636 g/mol. The van der Waals surface area contributed by atoms with Gasteiger partial charge in [0.05, 0.1) is 28.0 Å². The number of phenols is 1. The lowest BCUT2D eigenvalue weighted by Crippen LogP contribution is -2.17. The summed E-state index contributed by atoms with van der Waals surface area (Å²) in [5.74, 6) is 1.60. The van der Waals surface area contributed by atoms with Gasteiger partial charge in [0.25, 0.3) is 0 Å². The lowest BCUT2D eigenvalue weighted by atomic mass is 9.79. The maximum atomic E-state index is 12.1. The van der Waals surface area contributed by atoms with E-state index < -0.39 is 0 Å². The fourth-order valence-electron chi connectivity index (χ4n) is 6.78. The number of aromatic nitrogens is 3. The number of imidazole rings is 1. The predicted octanol–water partition coefficient (Wildman–Crippen LogP) is 11.5. The fourth-order valence-corrected chi connectivity index (χ4v) is 6.78. The number of fused-ring (bicyclic) bond motifs is 1. The van der Waals surface area contributed by atoms with Crippen LogP contribution in [-0.4, -0.2) is 19.6 Å². The molecule has 0 saturated carbocycles. The largest absolute Gasteiger partial charge is 0.507 e. The molecule has 246 valence electrons. The van der Waals surface area contributed by atoms with Gasteiger partial charge in [-0.3, -0.25) is 9.55 Å². The minimum atomic E-state index is -0.262. The molecule has 48 heavy (non-hydrogen) atoms. The van der Waals surface area contributed by atoms with Gasteiger partial charge in [0.15, 0.2) is 0 Å². The van der Waals surface area contributed by atoms with E-state index in [1.165, 1.54) is 11.1 Å². The third-order valence-electron chi connectivity index (χ3n) is 9.31. The fraction of sp³-hybridized carbons (Fsp3) is 0.318. The summed E-state index contributed by atoms with van der Waals surface area (Å²) < 4.78 is 2.26. The van der Waals surface area contributed by atoms with Gasteiger partial charge in [-0.15, -0.1) is 0 Å². The van der Waals surface area contributed by atoms with Crippen LogP contribution in [0.2, 0.25) is 0 Å². The van der Waals surface area contributed by atoms with Crippen molar-refractivity contribution >= 4 is 11.0 Å². The number of rotatable bonds is 6. The zero-order valence-corrected chi connectivity index (χ0v) is 30.2. The third-order valence-corrected chi connectivity index (χ3v) is 9.31. The summed E-state index contributed by atoms with van der Waals surface area (Å²) in [6, 6.07) is 30.1. The molecule has 0 bridgehead atoms. The van der Waals surface area contributed by atoms with Crippen molar-refractivity contribution in [2.24, 2.45) is 5.92 Å². The van der Waals surface area contributed by atoms with Gasteiger partial charge in [0.1, 0.15) is 11.6 Å². The van der Waals surface area contributed by atoms with Crippen molar-refractivity contribution in [2.45, 2.75) is 86.5 Å². The summed E-state index contributed by atoms with van der Waals surface area (Å²) in [4.78, 5) is 10.2. The molecule has 4 heteroatoms. The van der Waals surface area contributed by atoms with Gasteiger partial charge < -0.3 is 5.11 Å². The molecule has 0 amide bonds. The standard InChI is InChI=1S/C44H49N3O/c1-27(2)22-30-20-21-45-37(23-30)32-17-12-16-31(24-32)34-18-13-19-38-39(34)46-42(47(38)40-28(3)14-11-15-29(40)4)35-25-33(43(5,6)7)26-36(41(35)48)44(8,9)10/h11-21,23-27,48H,22H2,1-10H3.